The lowest BCUT2D eigenvalue weighted by Gasteiger charge is -2.19. The van der Waals surface area contributed by atoms with Gasteiger partial charge in [-0.25, -0.2) is 13.6 Å². The molecule has 1 heterocycles. The highest BCUT2D eigenvalue weighted by molar-refractivity contribution is 14.1. The maximum atomic E-state index is 14.8. The Morgan fingerprint density at radius 3 is 2.48 bits per heavy atom. The fraction of sp³-hybridized carbons (Fsp3) is 0.0870. The van der Waals surface area contributed by atoms with Gasteiger partial charge in [0, 0.05) is 22.6 Å². The first kappa shape index (κ1) is 22.6. The van der Waals surface area contributed by atoms with Gasteiger partial charge in [0.1, 0.15) is 11.3 Å². The molecule has 1 amide bonds. The summed E-state index contributed by atoms with van der Waals surface area (Å²) < 4.78 is 34.9. The van der Waals surface area contributed by atoms with Gasteiger partial charge in [0.15, 0.2) is 17.4 Å². The highest BCUT2D eigenvalue weighted by Crippen LogP contribution is 2.44. The van der Waals surface area contributed by atoms with Crippen molar-refractivity contribution in [1.82, 2.24) is 5.32 Å². The fourth-order valence-corrected chi connectivity index (χ4v) is 3.89. The molecule has 7 nitrogen and oxygen atoms in total. The summed E-state index contributed by atoms with van der Waals surface area (Å²) in [6, 6.07) is 8.58. The standard InChI is InChI=1S/C23H14F2INO6/c24-15-5-12-18(7-17(15)28)33-22-13(20(12)10-3-1-2-4-11(10)23(31)32)6-16(25)21(30)14(22)9-27-19(29)8-26/h1-7,30H,8-9H2,(H,27,29)(H,31,32). The molecule has 0 atom stereocenters. The number of benzene rings is 3. The Kier molecular flexibility index (Phi) is 6.02. The molecule has 3 N–H and O–H groups in total. The lowest BCUT2D eigenvalue weighted by Crippen LogP contribution is -2.23. The van der Waals surface area contributed by atoms with Crippen LogP contribution in [0.15, 0.2) is 51.7 Å². The Balaban J connectivity index is 2.18. The molecule has 0 saturated heterocycles. The third-order valence-corrected chi connectivity index (χ3v) is 5.79. The molecule has 0 radical (unpaired) electrons. The Bertz CT molecular complexity index is 1470. The van der Waals surface area contributed by atoms with Crippen LogP contribution in [-0.4, -0.2) is 26.5 Å². The molecule has 1 aliphatic carbocycles. The van der Waals surface area contributed by atoms with E-state index >= 15 is 0 Å². The topological polar surface area (TPSA) is 117 Å². The Labute approximate surface area is 198 Å². The van der Waals surface area contributed by atoms with E-state index in [0.717, 1.165) is 18.2 Å². The van der Waals surface area contributed by atoms with Crippen molar-refractivity contribution in [2.45, 2.75) is 6.54 Å². The van der Waals surface area contributed by atoms with Gasteiger partial charge in [0.05, 0.1) is 22.1 Å². The van der Waals surface area contributed by atoms with Gasteiger partial charge in [0.25, 0.3) is 0 Å². The van der Waals surface area contributed by atoms with E-state index in [2.05, 4.69) is 5.32 Å². The first-order chi connectivity index (χ1) is 15.7. The van der Waals surface area contributed by atoms with E-state index < -0.39 is 28.8 Å². The van der Waals surface area contributed by atoms with Gasteiger partial charge < -0.3 is 19.9 Å². The van der Waals surface area contributed by atoms with E-state index in [1.807, 2.05) is 22.6 Å². The smallest absolute Gasteiger partial charge is 0.336 e. The molecule has 2 aliphatic rings. The Hall–Kier alpha value is -3.54. The van der Waals surface area contributed by atoms with Crippen LogP contribution in [0.3, 0.4) is 0 Å². The number of hydrogen-bond acceptors (Lipinski definition) is 5. The van der Waals surface area contributed by atoms with Gasteiger partial charge in [-0.1, -0.05) is 40.8 Å². The van der Waals surface area contributed by atoms with Gasteiger partial charge in [0.2, 0.25) is 11.3 Å². The molecule has 0 bridgehead atoms. The summed E-state index contributed by atoms with van der Waals surface area (Å²) >= 11 is 1.83. The van der Waals surface area contributed by atoms with Crippen molar-refractivity contribution in [2.24, 2.45) is 0 Å². The normalized spacial score (nSPS) is 11.1. The highest BCUT2D eigenvalue weighted by atomic mass is 127. The minimum absolute atomic E-state index is 0.0308. The van der Waals surface area contributed by atoms with Crippen molar-refractivity contribution in [2.75, 3.05) is 4.43 Å². The van der Waals surface area contributed by atoms with E-state index in [4.69, 9.17) is 4.42 Å². The summed E-state index contributed by atoms with van der Waals surface area (Å²) in [7, 11) is 0. The average Bonchev–Trinajstić information content (AvgIpc) is 2.79. The molecule has 0 aromatic heterocycles. The van der Waals surface area contributed by atoms with Crippen LogP contribution in [-0.2, 0) is 11.3 Å². The van der Waals surface area contributed by atoms with Crippen molar-refractivity contribution in [1.29, 1.82) is 0 Å². The van der Waals surface area contributed by atoms with Crippen LogP contribution in [0.2, 0.25) is 0 Å². The number of halogens is 3. The van der Waals surface area contributed by atoms with Crippen LogP contribution in [0.25, 0.3) is 33.4 Å². The molecule has 168 valence electrons. The number of hydrogen-bond donors (Lipinski definition) is 3. The molecule has 33 heavy (non-hydrogen) atoms. The quantitative estimate of drug-likeness (QED) is 0.189. The van der Waals surface area contributed by atoms with Gasteiger partial charge in [-0.15, -0.1) is 0 Å². The third kappa shape index (κ3) is 4.01. The number of rotatable bonds is 5. The van der Waals surface area contributed by atoms with Gasteiger partial charge in [-0.05, 0) is 23.8 Å². The van der Waals surface area contributed by atoms with Crippen molar-refractivity contribution in [3.05, 3.63) is 75.4 Å². The molecule has 10 heteroatoms. The largest absolute Gasteiger partial charge is 0.504 e. The van der Waals surface area contributed by atoms with Crippen molar-refractivity contribution in [3.8, 4) is 28.2 Å². The first-order valence-corrected chi connectivity index (χ1v) is 11.0. The molecule has 0 spiro atoms. The van der Waals surface area contributed by atoms with Crippen molar-refractivity contribution < 1.29 is 33.0 Å². The van der Waals surface area contributed by atoms with Gasteiger partial charge in [-0.2, -0.15) is 0 Å². The number of carbonyl (C=O) groups excluding carboxylic acids is 1. The number of carboxylic acids is 1. The molecule has 0 fully saturated rings. The van der Waals surface area contributed by atoms with E-state index in [1.54, 1.807) is 6.07 Å². The number of aromatic hydroxyl groups is 1. The summed E-state index contributed by atoms with van der Waals surface area (Å²) in [5.41, 5.74) is -1.04. The minimum Gasteiger partial charge on any atom is -0.504 e. The Morgan fingerprint density at radius 2 is 1.79 bits per heavy atom. The number of phenols is 1. The number of alkyl halides is 1. The summed E-state index contributed by atoms with van der Waals surface area (Å²) in [6.45, 7) is -0.303. The predicted octanol–water partition coefficient (Wildman–Crippen LogP) is 4.30. The molecule has 1 aliphatic heterocycles. The molecular formula is C23H14F2INO6. The maximum Gasteiger partial charge on any atom is 0.336 e. The van der Waals surface area contributed by atoms with Crippen LogP contribution < -0.4 is 10.7 Å². The van der Waals surface area contributed by atoms with Gasteiger partial charge in [-0.3, -0.25) is 9.59 Å². The molecule has 0 unspecified atom stereocenters. The molecule has 2 aromatic rings. The number of nitrogens with one attached hydrogen (secondary N) is 1. The lowest BCUT2D eigenvalue weighted by atomic mass is 9.89. The number of amides is 1. The molecule has 0 saturated carbocycles. The zero-order chi connectivity index (χ0) is 23.9. The number of carboxylic acid groups (broad SMARTS) is 1. The number of fused-ring (bicyclic) bond motifs is 2. The SMILES string of the molecule is O=C(CI)NCc1c(O)c(F)cc2c(-c3ccccc3C(=O)O)c3cc(F)c(=O)cc-3oc12. The van der Waals surface area contributed by atoms with Gasteiger partial charge >= 0.3 is 5.97 Å². The molecule has 2 aromatic carbocycles. The third-order valence-electron chi connectivity index (χ3n) is 5.10. The molecular weight excluding hydrogens is 551 g/mol. The average molecular weight is 565 g/mol. The van der Waals surface area contributed by atoms with E-state index in [9.17, 15) is 33.4 Å². The highest BCUT2D eigenvalue weighted by Gasteiger charge is 2.26. The summed E-state index contributed by atoms with van der Waals surface area (Å²) in [5.74, 6) is -4.68. The minimum atomic E-state index is -1.28. The lowest BCUT2D eigenvalue weighted by molar-refractivity contribution is -0.118. The summed E-state index contributed by atoms with van der Waals surface area (Å²) in [4.78, 5) is 35.6. The second kappa shape index (κ2) is 8.77. The van der Waals surface area contributed by atoms with Crippen LogP contribution in [0.1, 0.15) is 15.9 Å². The monoisotopic (exact) mass is 565 g/mol. The van der Waals surface area contributed by atoms with Crippen molar-refractivity contribution >= 4 is 45.4 Å². The predicted molar refractivity (Wildman–Crippen MR) is 124 cm³/mol. The zero-order valence-electron chi connectivity index (χ0n) is 16.6. The van der Waals surface area contributed by atoms with Crippen LogP contribution in [0.5, 0.6) is 5.75 Å². The summed E-state index contributed by atoms with van der Waals surface area (Å²) in [5, 5.41) is 22.6. The number of carbonyl (C=O) groups is 2. The Morgan fingerprint density at radius 1 is 1.06 bits per heavy atom. The first-order valence-electron chi connectivity index (χ1n) is 9.48. The zero-order valence-corrected chi connectivity index (χ0v) is 18.8. The molecule has 4 rings (SSSR count). The van der Waals surface area contributed by atoms with Crippen molar-refractivity contribution in [3.63, 3.8) is 0 Å². The van der Waals surface area contributed by atoms with E-state index in [1.165, 1.54) is 18.2 Å². The van der Waals surface area contributed by atoms with Crippen LogP contribution in [0.4, 0.5) is 8.78 Å². The van der Waals surface area contributed by atoms with Crippen LogP contribution >= 0.6 is 22.6 Å². The number of aromatic carboxylic acids is 1. The second-order valence-electron chi connectivity index (χ2n) is 7.08. The summed E-state index contributed by atoms with van der Waals surface area (Å²) in [6.07, 6.45) is 0. The fourth-order valence-electron chi connectivity index (χ4n) is 3.62. The van der Waals surface area contributed by atoms with E-state index in [0.29, 0.717) is 0 Å². The van der Waals surface area contributed by atoms with E-state index in [-0.39, 0.29) is 61.4 Å². The second-order valence-corrected chi connectivity index (χ2v) is 7.84. The number of phenolic OH excluding ortho intramolecular Hbond substituents is 1. The maximum absolute atomic E-state index is 14.8. The van der Waals surface area contributed by atoms with Crippen LogP contribution in [0, 0.1) is 11.6 Å².